The third-order valence-corrected chi connectivity index (χ3v) is 3.74. The van der Waals surface area contributed by atoms with Crippen LogP contribution in [0.4, 0.5) is 0 Å². The van der Waals surface area contributed by atoms with E-state index in [-0.39, 0.29) is 0 Å². The summed E-state index contributed by atoms with van der Waals surface area (Å²) >= 11 is 0. The maximum Gasteiger partial charge on any atom is 0.336 e. The van der Waals surface area contributed by atoms with Gasteiger partial charge in [-0.1, -0.05) is 36.4 Å². The van der Waals surface area contributed by atoms with Crippen LogP contribution in [-0.4, -0.2) is 6.61 Å². The average molecular weight is 318 g/mol. The first-order valence-electron chi connectivity index (χ1n) is 7.60. The Bertz CT molecular complexity index is 1070. The van der Waals surface area contributed by atoms with Gasteiger partial charge in [-0.3, -0.25) is 0 Å². The van der Waals surface area contributed by atoms with Crippen LogP contribution in [0.25, 0.3) is 28.0 Å². The van der Waals surface area contributed by atoms with E-state index in [4.69, 9.17) is 13.6 Å². The quantitative estimate of drug-likeness (QED) is 0.515. The minimum absolute atomic E-state index is 0.396. The number of rotatable bonds is 4. The fraction of sp³-hybridized carbons (Fsp3) is 0.0500. The molecule has 0 radical (unpaired) electrons. The molecule has 118 valence electrons. The lowest BCUT2D eigenvalue weighted by Gasteiger charge is -2.08. The largest absolute Gasteiger partial charge is 0.488 e. The molecular formula is C20H14O4. The molecule has 0 fully saturated rings. The molecule has 0 bridgehead atoms. The van der Waals surface area contributed by atoms with E-state index in [0.29, 0.717) is 23.5 Å². The SMILES string of the molecule is O=c1ccc2c(OCC=Cc3ccccc3)c3ccoc3cc2o1. The van der Waals surface area contributed by atoms with Crippen molar-refractivity contribution in [2.24, 2.45) is 0 Å². The average Bonchev–Trinajstić information content (AvgIpc) is 3.06. The van der Waals surface area contributed by atoms with Crippen LogP contribution in [0.5, 0.6) is 5.75 Å². The summed E-state index contributed by atoms with van der Waals surface area (Å²) in [5.41, 5.74) is 1.78. The van der Waals surface area contributed by atoms with E-state index in [0.717, 1.165) is 16.3 Å². The van der Waals surface area contributed by atoms with Gasteiger partial charge >= 0.3 is 5.63 Å². The van der Waals surface area contributed by atoms with Gasteiger partial charge in [0.1, 0.15) is 23.5 Å². The lowest BCUT2D eigenvalue weighted by molar-refractivity contribution is 0.371. The van der Waals surface area contributed by atoms with E-state index in [1.807, 2.05) is 48.6 Å². The van der Waals surface area contributed by atoms with E-state index in [1.165, 1.54) is 6.07 Å². The van der Waals surface area contributed by atoms with Crippen molar-refractivity contribution in [1.82, 2.24) is 0 Å². The van der Waals surface area contributed by atoms with Crippen LogP contribution in [0.3, 0.4) is 0 Å². The smallest absolute Gasteiger partial charge is 0.336 e. The number of hydrogen-bond donors (Lipinski definition) is 0. The van der Waals surface area contributed by atoms with Crippen molar-refractivity contribution in [1.29, 1.82) is 0 Å². The Morgan fingerprint density at radius 1 is 0.958 bits per heavy atom. The van der Waals surface area contributed by atoms with Gasteiger partial charge in [-0.2, -0.15) is 0 Å². The van der Waals surface area contributed by atoms with Crippen molar-refractivity contribution in [3.63, 3.8) is 0 Å². The second-order valence-electron chi connectivity index (χ2n) is 5.33. The van der Waals surface area contributed by atoms with E-state index in [1.54, 1.807) is 18.4 Å². The van der Waals surface area contributed by atoms with Crippen LogP contribution in [-0.2, 0) is 0 Å². The predicted octanol–water partition coefficient (Wildman–Crippen LogP) is 4.63. The van der Waals surface area contributed by atoms with Crippen LogP contribution >= 0.6 is 0 Å². The van der Waals surface area contributed by atoms with Gasteiger partial charge in [-0.25, -0.2) is 4.79 Å². The zero-order valence-corrected chi connectivity index (χ0v) is 12.8. The zero-order valence-electron chi connectivity index (χ0n) is 12.8. The molecule has 4 heteroatoms. The molecule has 0 amide bonds. The van der Waals surface area contributed by atoms with Gasteiger partial charge in [0, 0.05) is 12.1 Å². The number of fused-ring (bicyclic) bond motifs is 2. The molecular weight excluding hydrogens is 304 g/mol. The molecule has 0 unspecified atom stereocenters. The summed E-state index contributed by atoms with van der Waals surface area (Å²) < 4.78 is 16.6. The van der Waals surface area contributed by atoms with Crippen LogP contribution in [0.2, 0.25) is 0 Å². The first kappa shape index (κ1) is 14.3. The maximum absolute atomic E-state index is 11.4. The molecule has 0 aliphatic heterocycles. The molecule has 0 saturated carbocycles. The van der Waals surface area contributed by atoms with E-state index < -0.39 is 5.63 Å². The van der Waals surface area contributed by atoms with Crippen LogP contribution in [0.15, 0.2) is 80.6 Å². The Morgan fingerprint density at radius 2 is 1.79 bits per heavy atom. The summed E-state index contributed by atoms with van der Waals surface area (Å²) in [4.78, 5) is 11.4. The highest BCUT2D eigenvalue weighted by molar-refractivity contribution is 6.01. The van der Waals surface area contributed by atoms with Crippen molar-refractivity contribution in [2.45, 2.75) is 0 Å². The topological polar surface area (TPSA) is 52.6 Å². The number of furan rings is 1. The van der Waals surface area contributed by atoms with Gasteiger partial charge in [0.25, 0.3) is 0 Å². The first-order chi connectivity index (χ1) is 11.8. The third-order valence-electron chi connectivity index (χ3n) is 3.74. The van der Waals surface area contributed by atoms with Crippen LogP contribution in [0.1, 0.15) is 5.56 Å². The molecule has 0 aliphatic carbocycles. The third kappa shape index (κ3) is 2.70. The molecule has 4 nitrogen and oxygen atoms in total. The van der Waals surface area contributed by atoms with Crippen LogP contribution < -0.4 is 10.4 Å². The highest BCUT2D eigenvalue weighted by Gasteiger charge is 2.12. The molecule has 2 aromatic heterocycles. The lowest BCUT2D eigenvalue weighted by atomic mass is 10.1. The normalized spacial score (nSPS) is 11.5. The Balaban J connectivity index is 1.68. The Hall–Kier alpha value is -3.27. The first-order valence-corrected chi connectivity index (χ1v) is 7.60. The van der Waals surface area contributed by atoms with Gasteiger partial charge in [-0.05, 0) is 23.8 Å². The van der Waals surface area contributed by atoms with E-state index in [9.17, 15) is 4.79 Å². The minimum Gasteiger partial charge on any atom is -0.488 e. The summed E-state index contributed by atoms with van der Waals surface area (Å²) in [6.07, 6.45) is 5.53. The summed E-state index contributed by atoms with van der Waals surface area (Å²) in [6, 6.07) is 16.7. The molecule has 0 saturated heterocycles. The summed E-state index contributed by atoms with van der Waals surface area (Å²) in [5.74, 6) is 0.651. The molecule has 0 atom stereocenters. The molecule has 0 aliphatic rings. The molecule has 2 heterocycles. The summed E-state index contributed by atoms with van der Waals surface area (Å²) in [6.45, 7) is 0.396. The van der Waals surface area contributed by atoms with Crippen molar-refractivity contribution < 1.29 is 13.6 Å². The highest BCUT2D eigenvalue weighted by atomic mass is 16.5. The fourth-order valence-corrected chi connectivity index (χ4v) is 2.65. The Kier molecular flexibility index (Phi) is 3.63. The summed E-state index contributed by atoms with van der Waals surface area (Å²) in [7, 11) is 0. The second kappa shape index (κ2) is 6.08. The van der Waals surface area contributed by atoms with Crippen molar-refractivity contribution >= 4 is 28.0 Å². The lowest BCUT2D eigenvalue weighted by Crippen LogP contribution is -1.98. The molecule has 24 heavy (non-hydrogen) atoms. The Morgan fingerprint density at radius 3 is 2.67 bits per heavy atom. The van der Waals surface area contributed by atoms with E-state index in [2.05, 4.69) is 0 Å². The molecule has 4 aromatic rings. The van der Waals surface area contributed by atoms with Crippen molar-refractivity contribution in [3.8, 4) is 5.75 Å². The molecule has 0 N–H and O–H groups in total. The van der Waals surface area contributed by atoms with Gasteiger partial charge in [-0.15, -0.1) is 0 Å². The minimum atomic E-state index is -0.400. The van der Waals surface area contributed by atoms with E-state index >= 15 is 0 Å². The van der Waals surface area contributed by atoms with Crippen molar-refractivity contribution in [2.75, 3.05) is 6.61 Å². The zero-order chi connectivity index (χ0) is 16.4. The van der Waals surface area contributed by atoms with Crippen molar-refractivity contribution in [3.05, 3.63) is 82.9 Å². The fourth-order valence-electron chi connectivity index (χ4n) is 2.65. The van der Waals surface area contributed by atoms with Crippen LogP contribution in [0, 0.1) is 0 Å². The standard InChI is InChI=1S/C20H14O4/c21-19-9-8-15-18(24-19)13-17-16(10-12-22-17)20(15)23-11-4-7-14-5-2-1-3-6-14/h1-10,12-13H,11H2. The number of hydrogen-bond acceptors (Lipinski definition) is 4. The maximum atomic E-state index is 11.4. The molecule has 0 spiro atoms. The molecule has 2 aromatic carbocycles. The Labute approximate surface area is 137 Å². The predicted molar refractivity (Wildman–Crippen MR) is 93.2 cm³/mol. The number of benzene rings is 2. The van der Waals surface area contributed by atoms with Gasteiger partial charge in [0.15, 0.2) is 0 Å². The van der Waals surface area contributed by atoms with Gasteiger partial charge in [0.2, 0.25) is 0 Å². The highest BCUT2D eigenvalue weighted by Crippen LogP contribution is 2.34. The monoisotopic (exact) mass is 318 g/mol. The van der Waals surface area contributed by atoms with Gasteiger partial charge < -0.3 is 13.6 Å². The molecule has 4 rings (SSSR count). The number of ether oxygens (including phenoxy) is 1. The van der Waals surface area contributed by atoms with Gasteiger partial charge in [0.05, 0.1) is 17.0 Å². The summed E-state index contributed by atoms with van der Waals surface area (Å²) in [5, 5.41) is 1.60. The second-order valence-corrected chi connectivity index (χ2v) is 5.33.